The minimum absolute atomic E-state index is 0.0246. The molecule has 1 heterocycles. The maximum atomic E-state index is 12.0. The Hall–Kier alpha value is -2.14. The lowest BCUT2D eigenvalue weighted by Gasteiger charge is -2.18. The number of aromatic nitrogens is 2. The van der Waals surface area contributed by atoms with Gasteiger partial charge < -0.3 is 9.73 Å². The Morgan fingerprint density at radius 1 is 1.26 bits per heavy atom. The van der Waals surface area contributed by atoms with Gasteiger partial charge in [-0.05, 0) is 43.5 Å². The molecular formula is C17H18ClN3O2. The molecule has 0 unspecified atom stereocenters. The van der Waals surface area contributed by atoms with Gasteiger partial charge in [0.25, 0.3) is 0 Å². The summed E-state index contributed by atoms with van der Waals surface area (Å²) in [6, 6.07) is 7.44. The summed E-state index contributed by atoms with van der Waals surface area (Å²) in [5.74, 6) is 0.930. The first-order valence-electron chi connectivity index (χ1n) is 7.73. The number of carbonyl (C=O) groups excluding carboxylic acids is 1. The van der Waals surface area contributed by atoms with Crippen LogP contribution in [0.3, 0.4) is 0 Å². The maximum Gasteiger partial charge on any atom is 0.247 e. The van der Waals surface area contributed by atoms with Gasteiger partial charge in [0.1, 0.15) is 0 Å². The van der Waals surface area contributed by atoms with Crippen molar-refractivity contribution in [1.82, 2.24) is 15.5 Å². The van der Waals surface area contributed by atoms with E-state index in [1.54, 1.807) is 12.1 Å². The molecule has 23 heavy (non-hydrogen) atoms. The standard InChI is InChI=1S/C17H18ClN3O2/c18-13-8-6-12(7-9-13)17-21-20-16(23-17)11-10-15(22)19-14-4-2-1-3-5-14/h1-2,6-9,14H,3-5,10-11H2,(H,19,22)/t14-/m1/s1. The molecule has 1 aliphatic carbocycles. The number of carbonyl (C=O) groups is 1. The molecule has 0 fully saturated rings. The molecule has 120 valence electrons. The second kappa shape index (κ2) is 7.42. The molecule has 0 spiro atoms. The van der Waals surface area contributed by atoms with E-state index in [1.165, 1.54) is 0 Å². The lowest BCUT2D eigenvalue weighted by molar-refractivity contribution is -0.121. The zero-order valence-electron chi connectivity index (χ0n) is 12.7. The number of halogens is 1. The van der Waals surface area contributed by atoms with Crippen molar-refractivity contribution < 1.29 is 9.21 Å². The van der Waals surface area contributed by atoms with Crippen LogP contribution < -0.4 is 5.32 Å². The minimum atomic E-state index is 0.0246. The topological polar surface area (TPSA) is 68.0 Å². The quantitative estimate of drug-likeness (QED) is 0.851. The van der Waals surface area contributed by atoms with Gasteiger partial charge in [-0.2, -0.15) is 0 Å². The summed E-state index contributed by atoms with van der Waals surface area (Å²) in [5.41, 5.74) is 0.812. The number of rotatable bonds is 5. The molecule has 3 rings (SSSR count). The molecule has 1 N–H and O–H groups in total. The molecule has 2 aromatic rings. The fourth-order valence-corrected chi connectivity index (χ4v) is 2.63. The molecule has 1 atom stereocenters. The van der Waals surface area contributed by atoms with Crippen LogP contribution >= 0.6 is 11.6 Å². The third-order valence-electron chi connectivity index (χ3n) is 3.76. The van der Waals surface area contributed by atoms with Crippen LogP contribution in [0.5, 0.6) is 0 Å². The lowest BCUT2D eigenvalue weighted by Crippen LogP contribution is -2.35. The molecule has 0 saturated heterocycles. The van der Waals surface area contributed by atoms with Crippen molar-refractivity contribution >= 4 is 17.5 Å². The largest absolute Gasteiger partial charge is 0.421 e. The van der Waals surface area contributed by atoms with Crippen LogP contribution in [-0.2, 0) is 11.2 Å². The number of nitrogens with zero attached hydrogens (tertiary/aromatic N) is 2. The first-order chi connectivity index (χ1) is 11.2. The third kappa shape index (κ3) is 4.42. The predicted molar refractivity (Wildman–Crippen MR) is 88.0 cm³/mol. The molecular weight excluding hydrogens is 314 g/mol. The van der Waals surface area contributed by atoms with Crippen LogP contribution in [0.1, 0.15) is 31.6 Å². The van der Waals surface area contributed by atoms with E-state index in [1.807, 2.05) is 12.1 Å². The van der Waals surface area contributed by atoms with Gasteiger partial charge in [0.05, 0.1) is 0 Å². The van der Waals surface area contributed by atoms with E-state index in [9.17, 15) is 4.79 Å². The fraction of sp³-hybridized carbons (Fsp3) is 0.353. The monoisotopic (exact) mass is 331 g/mol. The van der Waals surface area contributed by atoms with Crippen molar-refractivity contribution in [3.05, 3.63) is 47.3 Å². The van der Waals surface area contributed by atoms with Gasteiger partial charge in [0.15, 0.2) is 0 Å². The fourth-order valence-electron chi connectivity index (χ4n) is 2.51. The highest BCUT2D eigenvalue weighted by Gasteiger charge is 2.14. The van der Waals surface area contributed by atoms with Crippen LogP contribution in [0.25, 0.3) is 11.5 Å². The normalized spacial score (nSPS) is 17.2. The molecule has 5 nitrogen and oxygen atoms in total. The van der Waals surface area contributed by atoms with Crippen molar-refractivity contribution in [3.8, 4) is 11.5 Å². The Bertz CT molecular complexity index is 694. The van der Waals surface area contributed by atoms with Gasteiger partial charge >= 0.3 is 0 Å². The van der Waals surface area contributed by atoms with E-state index >= 15 is 0 Å². The van der Waals surface area contributed by atoms with Crippen molar-refractivity contribution in [1.29, 1.82) is 0 Å². The number of hydrogen-bond donors (Lipinski definition) is 1. The van der Waals surface area contributed by atoms with Crippen LogP contribution in [0.4, 0.5) is 0 Å². The van der Waals surface area contributed by atoms with Crippen LogP contribution in [0.15, 0.2) is 40.8 Å². The molecule has 0 radical (unpaired) electrons. The summed E-state index contributed by atoms with van der Waals surface area (Å²) >= 11 is 5.85. The van der Waals surface area contributed by atoms with Crippen molar-refractivity contribution in [2.75, 3.05) is 0 Å². The second-order valence-corrected chi connectivity index (χ2v) is 5.99. The molecule has 1 aromatic carbocycles. The number of benzene rings is 1. The Kier molecular flexibility index (Phi) is 5.08. The number of allylic oxidation sites excluding steroid dienone is 1. The Labute approximate surface area is 139 Å². The smallest absolute Gasteiger partial charge is 0.247 e. The second-order valence-electron chi connectivity index (χ2n) is 5.56. The van der Waals surface area contributed by atoms with Gasteiger partial charge in [-0.1, -0.05) is 23.8 Å². The number of aryl methyl sites for hydroxylation is 1. The summed E-state index contributed by atoms with van der Waals surface area (Å²) in [5, 5.41) is 11.7. The number of nitrogens with one attached hydrogen (secondary N) is 1. The van der Waals surface area contributed by atoms with Crippen LogP contribution in [-0.4, -0.2) is 22.1 Å². The highest BCUT2D eigenvalue weighted by atomic mass is 35.5. The van der Waals surface area contributed by atoms with E-state index in [4.69, 9.17) is 16.0 Å². The van der Waals surface area contributed by atoms with E-state index in [-0.39, 0.29) is 11.9 Å². The average Bonchev–Trinajstić information content (AvgIpc) is 3.04. The van der Waals surface area contributed by atoms with E-state index in [0.29, 0.717) is 29.6 Å². The van der Waals surface area contributed by atoms with Crippen molar-refractivity contribution in [3.63, 3.8) is 0 Å². The van der Waals surface area contributed by atoms with Gasteiger partial charge in [0, 0.05) is 29.5 Å². The zero-order valence-corrected chi connectivity index (χ0v) is 13.4. The summed E-state index contributed by atoms with van der Waals surface area (Å²) < 4.78 is 5.59. The summed E-state index contributed by atoms with van der Waals surface area (Å²) in [6.07, 6.45) is 8.00. The summed E-state index contributed by atoms with van der Waals surface area (Å²) in [4.78, 5) is 12.0. The first kappa shape index (κ1) is 15.7. The minimum Gasteiger partial charge on any atom is -0.421 e. The number of hydrogen-bond acceptors (Lipinski definition) is 4. The first-order valence-corrected chi connectivity index (χ1v) is 8.11. The third-order valence-corrected chi connectivity index (χ3v) is 4.01. The van der Waals surface area contributed by atoms with E-state index in [0.717, 1.165) is 24.8 Å². The van der Waals surface area contributed by atoms with Crippen LogP contribution in [0.2, 0.25) is 5.02 Å². The van der Waals surface area contributed by atoms with Gasteiger partial charge in [-0.15, -0.1) is 10.2 Å². The average molecular weight is 332 g/mol. The van der Waals surface area contributed by atoms with Gasteiger partial charge in [-0.3, -0.25) is 4.79 Å². The SMILES string of the molecule is O=C(CCc1nnc(-c2ccc(Cl)cc2)o1)N[C@@H]1CC=CCC1. The highest BCUT2D eigenvalue weighted by molar-refractivity contribution is 6.30. The Morgan fingerprint density at radius 3 is 2.83 bits per heavy atom. The van der Waals surface area contributed by atoms with E-state index in [2.05, 4.69) is 27.7 Å². The van der Waals surface area contributed by atoms with Crippen LogP contribution in [0, 0.1) is 0 Å². The van der Waals surface area contributed by atoms with Crippen molar-refractivity contribution in [2.24, 2.45) is 0 Å². The summed E-state index contributed by atoms with van der Waals surface area (Å²) in [7, 11) is 0. The number of amides is 1. The van der Waals surface area contributed by atoms with E-state index < -0.39 is 0 Å². The molecule has 6 heteroatoms. The highest BCUT2D eigenvalue weighted by Crippen LogP contribution is 2.20. The summed E-state index contributed by atoms with van der Waals surface area (Å²) in [6.45, 7) is 0. The lowest BCUT2D eigenvalue weighted by atomic mass is 10.0. The Balaban J connectivity index is 1.51. The Morgan fingerprint density at radius 2 is 2.09 bits per heavy atom. The molecule has 0 aliphatic heterocycles. The molecule has 1 amide bonds. The van der Waals surface area contributed by atoms with Gasteiger partial charge in [0.2, 0.25) is 17.7 Å². The maximum absolute atomic E-state index is 12.0. The molecule has 0 bridgehead atoms. The molecule has 1 aromatic heterocycles. The predicted octanol–water partition coefficient (Wildman–Crippen LogP) is 3.55. The van der Waals surface area contributed by atoms with Crippen molar-refractivity contribution in [2.45, 2.75) is 38.1 Å². The zero-order chi connectivity index (χ0) is 16.1. The molecule has 0 saturated carbocycles. The van der Waals surface area contributed by atoms with Gasteiger partial charge in [-0.25, -0.2) is 0 Å². The molecule has 1 aliphatic rings.